The Kier molecular flexibility index (Phi) is 5.71. The zero-order valence-corrected chi connectivity index (χ0v) is 13.0. The van der Waals surface area contributed by atoms with Crippen molar-refractivity contribution < 1.29 is 4.79 Å². The molecule has 1 saturated carbocycles. The molecule has 2 atom stereocenters. The monoisotopic (exact) mass is 293 g/mol. The van der Waals surface area contributed by atoms with Gasteiger partial charge in [-0.3, -0.25) is 4.79 Å². The molecule has 2 rings (SSSR count). The fraction of sp³-hybridized carbons (Fsp3) is 0.600. The van der Waals surface area contributed by atoms with Crippen LogP contribution < -0.4 is 10.6 Å². The number of carbonyl (C=O) groups is 1. The molecule has 4 nitrogen and oxygen atoms in total. The van der Waals surface area contributed by atoms with Crippen LogP contribution in [0.2, 0.25) is 0 Å². The van der Waals surface area contributed by atoms with Crippen LogP contribution in [0.5, 0.6) is 0 Å². The van der Waals surface area contributed by atoms with Gasteiger partial charge in [-0.05, 0) is 38.2 Å². The summed E-state index contributed by atoms with van der Waals surface area (Å²) in [7, 11) is 0. The molecule has 2 unspecified atom stereocenters. The van der Waals surface area contributed by atoms with Crippen LogP contribution in [0.15, 0.2) is 18.2 Å². The Balaban J connectivity index is 2.01. The third-order valence-electron chi connectivity index (χ3n) is 3.66. The Morgan fingerprint density at radius 2 is 2.20 bits per heavy atom. The van der Waals surface area contributed by atoms with Gasteiger partial charge in [-0.25, -0.2) is 4.98 Å². The molecule has 0 aliphatic heterocycles. The smallest absolute Gasteiger partial charge is 0.270 e. The summed E-state index contributed by atoms with van der Waals surface area (Å²) in [6.45, 7) is 2.81. The van der Waals surface area contributed by atoms with E-state index in [1.807, 2.05) is 30.8 Å². The minimum absolute atomic E-state index is 0.0595. The molecule has 0 aromatic carbocycles. The van der Waals surface area contributed by atoms with Crippen molar-refractivity contribution in [3.63, 3.8) is 0 Å². The number of pyridine rings is 1. The number of thioether (sulfide) groups is 1. The number of rotatable bonds is 5. The number of aromatic nitrogens is 1. The van der Waals surface area contributed by atoms with Crippen LogP contribution in [-0.2, 0) is 0 Å². The zero-order valence-electron chi connectivity index (χ0n) is 12.2. The normalized spacial score (nSPS) is 22.3. The van der Waals surface area contributed by atoms with Crippen molar-refractivity contribution in [3.8, 4) is 0 Å². The lowest BCUT2D eigenvalue weighted by molar-refractivity contribution is 0.0924. The maximum atomic E-state index is 12.3. The highest BCUT2D eigenvalue weighted by Crippen LogP contribution is 2.27. The number of carbonyl (C=O) groups excluding carboxylic acids is 1. The van der Waals surface area contributed by atoms with E-state index in [-0.39, 0.29) is 11.9 Å². The summed E-state index contributed by atoms with van der Waals surface area (Å²) in [5.41, 5.74) is 0.494. The first kappa shape index (κ1) is 15.2. The predicted octanol–water partition coefficient (Wildman–Crippen LogP) is 2.92. The summed E-state index contributed by atoms with van der Waals surface area (Å²) < 4.78 is 0. The molecule has 1 aromatic heterocycles. The molecular weight excluding hydrogens is 270 g/mol. The topological polar surface area (TPSA) is 54.0 Å². The van der Waals surface area contributed by atoms with Gasteiger partial charge in [0.1, 0.15) is 11.5 Å². The second kappa shape index (κ2) is 7.53. The van der Waals surface area contributed by atoms with Crippen LogP contribution in [-0.4, -0.2) is 35.0 Å². The summed E-state index contributed by atoms with van der Waals surface area (Å²) in [6.07, 6.45) is 6.86. The average molecular weight is 293 g/mol. The van der Waals surface area contributed by atoms with Crippen molar-refractivity contribution in [1.29, 1.82) is 0 Å². The molecule has 0 spiro atoms. The highest BCUT2D eigenvalue weighted by atomic mass is 32.2. The lowest BCUT2D eigenvalue weighted by atomic mass is 9.95. The van der Waals surface area contributed by atoms with Gasteiger partial charge < -0.3 is 10.6 Å². The average Bonchev–Trinajstić information content (AvgIpc) is 2.48. The number of nitrogens with zero attached hydrogens (tertiary/aromatic N) is 1. The summed E-state index contributed by atoms with van der Waals surface area (Å²) in [4.78, 5) is 16.7. The van der Waals surface area contributed by atoms with E-state index < -0.39 is 0 Å². The molecule has 1 aliphatic rings. The molecule has 110 valence electrons. The molecule has 1 amide bonds. The van der Waals surface area contributed by atoms with Crippen molar-refractivity contribution in [3.05, 3.63) is 23.9 Å². The molecule has 2 N–H and O–H groups in total. The fourth-order valence-electron chi connectivity index (χ4n) is 2.63. The van der Waals surface area contributed by atoms with E-state index in [0.717, 1.165) is 18.8 Å². The molecule has 1 heterocycles. The third-order valence-corrected chi connectivity index (χ3v) is 4.83. The Labute approximate surface area is 125 Å². The maximum Gasteiger partial charge on any atom is 0.270 e. The molecule has 0 radical (unpaired) electrons. The van der Waals surface area contributed by atoms with Gasteiger partial charge in [0.2, 0.25) is 0 Å². The Morgan fingerprint density at radius 3 is 2.95 bits per heavy atom. The predicted molar refractivity (Wildman–Crippen MR) is 85.4 cm³/mol. The van der Waals surface area contributed by atoms with E-state index in [9.17, 15) is 4.79 Å². The van der Waals surface area contributed by atoms with Crippen molar-refractivity contribution in [2.45, 2.75) is 43.9 Å². The number of hydrogen-bond acceptors (Lipinski definition) is 4. The van der Waals surface area contributed by atoms with Crippen LogP contribution in [0, 0.1) is 0 Å². The zero-order chi connectivity index (χ0) is 14.4. The molecule has 5 heteroatoms. The summed E-state index contributed by atoms with van der Waals surface area (Å²) in [5.74, 6) is 0.695. The first-order valence-corrected chi connectivity index (χ1v) is 8.58. The number of anilines is 1. The van der Waals surface area contributed by atoms with E-state index in [4.69, 9.17) is 0 Å². The molecule has 20 heavy (non-hydrogen) atoms. The van der Waals surface area contributed by atoms with Crippen LogP contribution in [0.4, 0.5) is 5.82 Å². The van der Waals surface area contributed by atoms with Crippen LogP contribution in [0.25, 0.3) is 0 Å². The van der Waals surface area contributed by atoms with E-state index in [1.165, 1.54) is 19.3 Å². The first-order valence-electron chi connectivity index (χ1n) is 7.29. The molecule has 0 saturated heterocycles. The van der Waals surface area contributed by atoms with E-state index in [1.54, 1.807) is 6.07 Å². The lowest BCUT2D eigenvalue weighted by Gasteiger charge is -2.30. The lowest BCUT2D eigenvalue weighted by Crippen LogP contribution is -2.43. The van der Waals surface area contributed by atoms with Gasteiger partial charge in [-0.1, -0.05) is 18.9 Å². The summed E-state index contributed by atoms with van der Waals surface area (Å²) in [6, 6.07) is 5.79. The van der Waals surface area contributed by atoms with Crippen LogP contribution >= 0.6 is 11.8 Å². The van der Waals surface area contributed by atoms with Gasteiger partial charge in [-0.15, -0.1) is 0 Å². The highest BCUT2D eigenvalue weighted by molar-refractivity contribution is 7.99. The largest absolute Gasteiger partial charge is 0.370 e. The molecule has 1 aliphatic carbocycles. The number of hydrogen-bond donors (Lipinski definition) is 2. The van der Waals surface area contributed by atoms with Crippen molar-refractivity contribution in [1.82, 2.24) is 10.3 Å². The van der Waals surface area contributed by atoms with Crippen LogP contribution in [0.3, 0.4) is 0 Å². The van der Waals surface area contributed by atoms with Crippen molar-refractivity contribution >= 4 is 23.5 Å². The van der Waals surface area contributed by atoms with Crippen molar-refractivity contribution in [2.75, 3.05) is 18.1 Å². The number of amides is 1. The van der Waals surface area contributed by atoms with Gasteiger partial charge in [0, 0.05) is 17.8 Å². The first-order chi connectivity index (χ1) is 9.74. The van der Waals surface area contributed by atoms with Gasteiger partial charge in [0.05, 0.1) is 0 Å². The minimum atomic E-state index is -0.0595. The second-order valence-electron chi connectivity index (χ2n) is 5.08. The summed E-state index contributed by atoms with van der Waals surface area (Å²) >= 11 is 1.85. The Morgan fingerprint density at radius 1 is 1.40 bits per heavy atom. The fourth-order valence-corrected chi connectivity index (χ4v) is 3.56. The molecule has 0 bridgehead atoms. The van der Waals surface area contributed by atoms with Crippen LogP contribution in [0.1, 0.15) is 43.1 Å². The Hall–Kier alpha value is -1.23. The summed E-state index contributed by atoms with van der Waals surface area (Å²) in [5, 5.41) is 6.82. The van der Waals surface area contributed by atoms with Gasteiger partial charge in [-0.2, -0.15) is 11.8 Å². The quantitative estimate of drug-likeness (QED) is 0.876. The van der Waals surface area contributed by atoms with Gasteiger partial charge in [0.25, 0.3) is 5.91 Å². The van der Waals surface area contributed by atoms with Gasteiger partial charge in [0.15, 0.2) is 0 Å². The van der Waals surface area contributed by atoms with Crippen molar-refractivity contribution in [2.24, 2.45) is 0 Å². The van der Waals surface area contributed by atoms with E-state index in [2.05, 4.69) is 21.9 Å². The number of nitrogens with one attached hydrogen (secondary N) is 2. The minimum Gasteiger partial charge on any atom is -0.370 e. The SMILES string of the molecule is CCNc1cccc(C(=O)NC2CCCCC2SC)n1. The Bertz CT molecular complexity index is 452. The molecule has 1 aromatic rings. The maximum absolute atomic E-state index is 12.3. The van der Waals surface area contributed by atoms with Gasteiger partial charge >= 0.3 is 0 Å². The molecular formula is C15H23N3OS. The van der Waals surface area contributed by atoms with E-state index in [0.29, 0.717) is 10.9 Å². The molecule has 1 fully saturated rings. The highest BCUT2D eigenvalue weighted by Gasteiger charge is 2.26. The third kappa shape index (κ3) is 3.88. The van der Waals surface area contributed by atoms with E-state index >= 15 is 0 Å². The standard InChI is InChI=1S/C15H23N3OS/c1-3-16-14-10-6-8-12(17-14)15(19)18-11-7-4-5-9-13(11)20-2/h6,8,10-11,13H,3-5,7,9H2,1-2H3,(H,16,17)(H,18,19). The second-order valence-corrected chi connectivity index (χ2v) is 6.15.